The van der Waals surface area contributed by atoms with Crippen molar-refractivity contribution < 1.29 is 13.3 Å². The Bertz CT molecular complexity index is 652. The molecule has 0 saturated heterocycles. The van der Waals surface area contributed by atoms with Crippen LogP contribution in [-0.4, -0.2) is 26.4 Å². The van der Waals surface area contributed by atoms with Crippen LogP contribution in [0.25, 0.3) is 10.4 Å². The molecular formula is C10H13N5O4S. The normalized spacial score (nSPS) is 10.8. The molecule has 0 aliphatic rings. The zero-order chi connectivity index (χ0) is 15.2. The van der Waals surface area contributed by atoms with Crippen LogP contribution in [0.15, 0.2) is 28.2 Å². The van der Waals surface area contributed by atoms with E-state index in [0.717, 1.165) is 6.07 Å². The zero-order valence-electron chi connectivity index (χ0n) is 10.7. The van der Waals surface area contributed by atoms with E-state index in [4.69, 9.17) is 5.53 Å². The Balaban J connectivity index is 2.98. The number of hydrogen-bond donors (Lipinski definition) is 1. The molecule has 9 nitrogen and oxygen atoms in total. The predicted octanol–water partition coefficient (Wildman–Crippen LogP) is 1.88. The van der Waals surface area contributed by atoms with Crippen molar-refractivity contribution in [2.45, 2.75) is 18.2 Å². The molecule has 108 valence electrons. The fraction of sp³-hybridized carbons (Fsp3) is 0.400. The third-order valence-corrected chi connectivity index (χ3v) is 4.10. The summed E-state index contributed by atoms with van der Waals surface area (Å²) in [5, 5.41) is 14.2. The smallest absolute Gasteiger partial charge is 0.258 e. The highest BCUT2D eigenvalue weighted by Crippen LogP contribution is 2.26. The summed E-state index contributed by atoms with van der Waals surface area (Å²) in [6.07, 6.45) is 0.309. The number of benzene rings is 1. The van der Waals surface area contributed by atoms with Gasteiger partial charge in [-0.3, -0.25) is 10.1 Å². The van der Waals surface area contributed by atoms with Crippen LogP contribution in [0, 0.1) is 17.0 Å². The van der Waals surface area contributed by atoms with Crippen molar-refractivity contribution in [2.24, 2.45) is 5.11 Å². The van der Waals surface area contributed by atoms with Crippen molar-refractivity contribution >= 4 is 15.7 Å². The third kappa shape index (κ3) is 3.92. The monoisotopic (exact) mass is 299 g/mol. The van der Waals surface area contributed by atoms with E-state index >= 15 is 0 Å². The van der Waals surface area contributed by atoms with Gasteiger partial charge in [0.15, 0.2) is 4.90 Å². The van der Waals surface area contributed by atoms with E-state index in [1.165, 1.54) is 19.1 Å². The minimum absolute atomic E-state index is 0.0346. The largest absolute Gasteiger partial charge is 0.289 e. The molecule has 0 aliphatic carbocycles. The Morgan fingerprint density at radius 1 is 1.50 bits per heavy atom. The van der Waals surface area contributed by atoms with E-state index in [0.29, 0.717) is 12.0 Å². The molecule has 1 aromatic rings. The number of nitro groups is 1. The van der Waals surface area contributed by atoms with Crippen LogP contribution in [0.1, 0.15) is 12.0 Å². The highest BCUT2D eigenvalue weighted by atomic mass is 32.2. The first-order valence-electron chi connectivity index (χ1n) is 5.64. The molecule has 0 fully saturated rings. The maximum absolute atomic E-state index is 12.1. The minimum atomic E-state index is -3.98. The first-order valence-corrected chi connectivity index (χ1v) is 7.13. The van der Waals surface area contributed by atoms with Crippen LogP contribution in [0.3, 0.4) is 0 Å². The summed E-state index contributed by atoms with van der Waals surface area (Å²) in [5.74, 6) is 0. The summed E-state index contributed by atoms with van der Waals surface area (Å²) < 4.78 is 26.4. The molecule has 0 spiro atoms. The molecule has 0 aliphatic heterocycles. The first-order chi connectivity index (χ1) is 9.40. The Morgan fingerprint density at radius 3 is 2.80 bits per heavy atom. The van der Waals surface area contributed by atoms with Crippen LogP contribution in [0.2, 0.25) is 0 Å². The highest BCUT2D eigenvalue weighted by molar-refractivity contribution is 7.89. The van der Waals surface area contributed by atoms with Crippen molar-refractivity contribution in [2.75, 3.05) is 13.1 Å². The number of nitrogens with zero attached hydrogens (tertiary/aromatic N) is 4. The topological polar surface area (TPSA) is 138 Å². The number of hydrogen-bond acceptors (Lipinski definition) is 5. The minimum Gasteiger partial charge on any atom is -0.258 e. The fourth-order valence-corrected chi connectivity index (χ4v) is 3.07. The molecule has 0 bridgehead atoms. The molecule has 0 atom stereocenters. The quantitative estimate of drug-likeness (QED) is 0.205. The molecule has 0 saturated carbocycles. The van der Waals surface area contributed by atoms with Crippen molar-refractivity contribution in [1.82, 2.24) is 4.72 Å². The molecule has 20 heavy (non-hydrogen) atoms. The Morgan fingerprint density at radius 2 is 2.20 bits per heavy atom. The van der Waals surface area contributed by atoms with E-state index in [1.54, 1.807) is 0 Å². The molecule has 1 N–H and O–H groups in total. The SMILES string of the molecule is Cc1cccc([N+](=O)[O-])c1S(=O)(=O)NCCCN=[N+]=[N-]. The summed E-state index contributed by atoms with van der Waals surface area (Å²) in [4.78, 5) is 12.4. The van der Waals surface area contributed by atoms with Gasteiger partial charge in [0.05, 0.1) is 4.92 Å². The molecule has 1 rings (SSSR count). The van der Waals surface area contributed by atoms with Gasteiger partial charge in [-0.2, -0.15) is 0 Å². The predicted molar refractivity (Wildman–Crippen MR) is 71.7 cm³/mol. The second-order valence-electron chi connectivity index (χ2n) is 3.89. The number of rotatable bonds is 7. The third-order valence-electron chi connectivity index (χ3n) is 2.45. The molecular weight excluding hydrogens is 286 g/mol. The Hall–Kier alpha value is -2.16. The van der Waals surface area contributed by atoms with Gasteiger partial charge in [-0.25, -0.2) is 13.1 Å². The standard InChI is InChI=1S/C10H13N5O4S/c1-8-4-2-5-9(15(16)17)10(8)20(18,19)13-7-3-6-12-14-11/h2,4-5,13H,3,6-7H2,1H3. The molecule has 0 unspecified atom stereocenters. The summed E-state index contributed by atoms with van der Waals surface area (Å²) >= 11 is 0. The lowest BCUT2D eigenvalue weighted by Crippen LogP contribution is -2.26. The van der Waals surface area contributed by atoms with Crippen molar-refractivity contribution in [1.29, 1.82) is 0 Å². The van der Waals surface area contributed by atoms with E-state index in [2.05, 4.69) is 14.7 Å². The van der Waals surface area contributed by atoms with Gasteiger partial charge >= 0.3 is 0 Å². The summed E-state index contributed by atoms with van der Waals surface area (Å²) in [6, 6.07) is 4.05. The number of azide groups is 1. The first kappa shape index (κ1) is 15.9. The molecule has 1 aromatic carbocycles. The van der Waals surface area contributed by atoms with Gasteiger partial charge in [0.2, 0.25) is 10.0 Å². The zero-order valence-corrected chi connectivity index (χ0v) is 11.5. The summed E-state index contributed by atoms with van der Waals surface area (Å²) in [6.45, 7) is 1.67. The molecule has 10 heteroatoms. The van der Waals surface area contributed by atoms with Crippen LogP contribution < -0.4 is 4.72 Å². The van der Waals surface area contributed by atoms with Gasteiger partial charge in [0, 0.05) is 24.1 Å². The van der Waals surface area contributed by atoms with E-state index < -0.39 is 20.6 Å². The van der Waals surface area contributed by atoms with Gasteiger partial charge in [-0.1, -0.05) is 17.2 Å². The number of nitrogens with one attached hydrogen (secondary N) is 1. The summed E-state index contributed by atoms with van der Waals surface area (Å²) in [5.41, 5.74) is 7.91. The van der Waals surface area contributed by atoms with Crippen molar-refractivity contribution in [3.63, 3.8) is 0 Å². The van der Waals surface area contributed by atoms with Crippen molar-refractivity contribution in [3.05, 3.63) is 44.3 Å². The van der Waals surface area contributed by atoms with Gasteiger partial charge in [-0.15, -0.1) is 0 Å². The van der Waals surface area contributed by atoms with Crippen LogP contribution in [0.4, 0.5) is 5.69 Å². The maximum atomic E-state index is 12.1. The average molecular weight is 299 g/mol. The lowest BCUT2D eigenvalue weighted by atomic mass is 10.2. The molecule has 0 heterocycles. The van der Waals surface area contributed by atoms with Crippen molar-refractivity contribution in [3.8, 4) is 0 Å². The van der Waals surface area contributed by atoms with Gasteiger partial charge in [0.25, 0.3) is 5.69 Å². The van der Waals surface area contributed by atoms with E-state index in [-0.39, 0.29) is 18.0 Å². The van der Waals surface area contributed by atoms with Crippen LogP contribution >= 0.6 is 0 Å². The lowest BCUT2D eigenvalue weighted by molar-refractivity contribution is -0.387. The Labute approximate surface area is 115 Å². The number of nitro benzene ring substituents is 1. The number of sulfonamides is 1. The van der Waals surface area contributed by atoms with Crippen LogP contribution in [-0.2, 0) is 10.0 Å². The van der Waals surface area contributed by atoms with Gasteiger partial charge in [0.1, 0.15) is 0 Å². The van der Waals surface area contributed by atoms with E-state index in [1.807, 2.05) is 0 Å². The molecule has 0 aromatic heterocycles. The Kier molecular flexibility index (Phi) is 5.44. The fourth-order valence-electron chi connectivity index (χ4n) is 1.60. The number of aryl methyl sites for hydroxylation is 1. The van der Waals surface area contributed by atoms with Gasteiger partial charge in [-0.05, 0) is 24.4 Å². The maximum Gasteiger partial charge on any atom is 0.289 e. The second-order valence-corrected chi connectivity index (χ2v) is 5.59. The average Bonchev–Trinajstić information content (AvgIpc) is 2.37. The van der Waals surface area contributed by atoms with Gasteiger partial charge < -0.3 is 0 Å². The van der Waals surface area contributed by atoms with Crippen LogP contribution in [0.5, 0.6) is 0 Å². The molecule has 0 amide bonds. The van der Waals surface area contributed by atoms with E-state index in [9.17, 15) is 18.5 Å². The lowest BCUT2D eigenvalue weighted by Gasteiger charge is -2.09. The molecule has 0 radical (unpaired) electrons. The summed E-state index contributed by atoms with van der Waals surface area (Å²) in [7, 11) is -3.98. The highest BCUT2D eigenvalue weighted by Gasteiger charge is 2.27. The second kappa shape index (κ2) is 6.85.